The molecule has 138 valence electrons. The van der Waals surface area contributed by atoms with Crippen molar-refractivity contribution in [3.05, 3.63) is 29.3 Å². The van der Waals surface area contributed by atoms with E-state index in [1.165, 1.54) is 16.2 Å². The molecule has 1 aliphatic rings. The summed E-state index contributed by atoms with van der Waals surface area (Å²) < 4.78 is 10.5. The lowest BCUT2D eigenvalue weighted by Gasteiger charge is -2.19. The molecule has 3 rings (SSSR count). The van der Waals surface area contributed by atoms with Gasteiger partial charge in [-0.1, -0.05) is 0 Å². The Morgan fingerprint density at radius 1 is 1.27 bits per heavy atom. The highest BCUT2D eigenvalue weighted by Crippen LogP contribution is 2.32. The molecular formula is C17H20N4O4S. The first-order chi connectivity index (χ1) is 12.5. The number of methoxy groups -OCH3 is 2. The van der Waals surface area contributed by atoms with Gasteiger partial charge in [0.25, 0.3) is 0 Å². The van der Waals surface area contributed by atoms with Crippen LogP contribution in [0.25, 0.3) is 0 Å². The number of hydrogen-bond donors (Lipinski definition) is 1. The van der Waals surface area contributed by atoms with Gasteiger partial charge in [-0.15, -0.1) is 11.3 Å². The standard InChI is InChI=1S/C17H20N4O4S/c1-11-10-26-16(18-11)19-15(22)9-20-6-7-21(17(20)23)12-4-5-13(24-2)14(8-12)25-3/h4-5,8,10H,6-7,9H2,1-3H3,(H,18,19,22). The molecular weight excluding hydrogens is 356 g/mol. The van der Waals surface area contributed by atoms with Crippen molar-refractivity contribution < 1.29 is 19.1 Å². The first-order valence-electron chi connectivity index (χ1n) is 8.02. The molecule has 1 N–H and O–H groups in total. The molecule has 1 saturated heterocycles. The summed E-state index contributed by atoms with van der Waals surface area (Å²) in [7, 11) is 3.10. The molecule has 0 radical (unpaired) electrons. The molecule has 2 aromatic rings. The molecule has 26 heavy (non-hydrogen) atoms. The first kappa shape index (κ1) is 18.0. The fourth-order valence-electron chi connectivity index (χ4n) is 2.71. The number of nitrogens with one attached hydrogen (secondary N) is 1. The lowest BCUT2D eigenvalue weighted by atomic mass is 10.2. The normalized spacial score (nSPS) is 13.9. The Balaban J connectivity index is 1.65. The van der Waals surface area contributed by atoms with Gasteiger partial charge in [0.05, 0.1) is 19.9 Å². The number of nitrogens with zero attached hydrogens (tertiary/aromatic N) is 3. The van der Waals surface area contributed by atoms with Crippen LogP contribution in [0, 0.1) is 6.92 Å². The van der Waals surface area contributed by atoms with E-state index in [1.54, 1.807) is 37.3 Å². The lowest BCUT2D eigenvalue weighted by molar-refractivity contribution is -0.116. The topological polar surface area (TPSA) is 84.0 Å². The van der Waals surface area contributed by atoms with Gasteiger partial charge in [-0.05, 0) is 19.1 Å². The largest absolute Gasteiger partial charge is 0.493 e. The smallest absolute Gasteiger partial charge is 0.325 e. The number of aromatic nitrogens is 1. The second-order valence-corrected chi connectivity index (χ2v) is 6.60. The van der Waals surface area contributed by atoms with Gasteiger partial charge < -0.3 is 19.7 Å². The summed E-state index contributed by atoms with van der Waals surface area (Å²) in [5.41, 5.74) is 1.55. The number of urea groups is 1. The Morgan fingerprint density at radius 3 is 2.69 bits per heavy atom. The predicted octanol–water partition coefficient (Wildman–Crippen LogP) is 2.35. The Bertz CT molecular complexity index is 823. The summed E-state index contributed by atoms with van der Waals surface area (Å²) in [6, 6.07) is 5.07. The number of carbonyl (C=O) groups is 2. The van der Waals surface area contributed by atoms with E-state index in [0.717, 1.165) is 5.69 Å². The van der Waals surface area contributed by atoms with Crippen LogP contribution in [0.2, 0.25) is 0 Å². The number of rotatable bonds is 6. The summed E-state index contributed by atoms with van der Waals surface area (Å²) in [6.07, 6.45) is 0. The van der Waals surface area contributed by atoms with Crippen LogP contribution in [0.4, 0.5) is 15.6 Å². The molecule has 0 bridgehead atoms. The quantitative estimate of drug-likeness (QED) is 0.837. The minimum atomic E-state index is -0.262. The van der Waals surface area contributed by atoms with Crippen LogP contribution in [0.5, 0.6) is 11.5 Å². The number of hydrogen-bond acceptors (Lipinski definition) is 6. The van der Waals surface area contributed by atoms with Gasteiger partial charge in [-0.2, -0.15) is 0 Å². The van der Waals surface area contributed by atoms with Gasteiger partial charge in [0.2, 0.25) is 5.91 Å². The molecule has 0 aliphatic carbocycles. The average Bonchev–Trinajstić information content (AvgIpc) is 3.20. The minimum absolute atomic E-state index is 0.0126. The summed E-state index contributed by atoms with van der Waals surface area (Å²) >= 11 is 1.36. The monoisotopic (exact) mass is 376 g/mol. The van der Waals surface area contributed by atoms with E-state index < -0.39 is 0 Å². The molecule has 0 spiro atoms. The van der Waals surface area contributed by atoms with E-state index in [2.05, 4.69) is 10.3 Å². The zero-order valence-electron chi connectivity index (χ0n) is 14.8. The van der Waals surface area contributed by atoms with Crippen LogP contribution < -0.4 is 19.7 Å². The molecule has 8 nitrogen and oxygen atoms in total. The van der Waals surface area contributed by atoms with Crippen molar-refractivity contribution in [2.75, 3.05) is 44.1 Å². The lowest BCUT2D eigenvalue weighted by Crippen LogP contribution is -2.37. The molecule has 0 unspecified atom stereocenters. The van der Waals surface area contributed by atoms with Crippen LogP contribution in [-0.4, -0.2) is 55.7 Å². The van der Waals surface area contributed by atoms with Gasteiger partial charge in [0.15, 0.2) is 16.6 Å². The third kappa shape index (κ3) is 3.72. The van der Waals surface area contributed by atoms with Crippen molar-refractivity contribution in [2.24, 2.45) is 0 Å². The van der Waals surface area contributed by atoms with Crippen LogP contribution >= 0.6 is 11.3 Å². The fourth-order valence-corrected chi connectivity index (χ4v) is 3.41. The molecule has 9 heteroatoms. The maximum absolute atomic E-state index is 12.6. The third-order valence-electron chi connectivity index (χ3n) is 3.97. The number of benzene rings is 1. The highest BCUT2D eigenvalue weighted by molar-refractivity contribution is 7.13. The molecule has 1 fully saturated rings. The SMILES string of the molecule is COc1ccc(N2CCN(CC(=O)Nc3nc(C)cs3)C2=O)cc1OC. The first-order valence-corrected chi connectivity index (χ1v) is 8.90. The van der Waals surface area contributed by atoms with E-state index >= 15 is 0 Å². The zero-order chi connectivity index (χ0) is 18.7. The highest BCUT2D eigenvalue weighted by atomic mass is 32.1. The Labute approximate surface area is 155 Å². The van der Waals surface area contributed by atoms with Crippen LogP contribution in [0.3, 0.4) is 0 Å². The molecule has 1 aromatic heterocycles. The molecule has 3 amide bonds. The van der Waals surface area contributed by atoms with Crippen molar-refractivity contribution in [3.8, 4) is 11.5 Å². The van der Waals surface area contributed by atoms with Crippen molar-refractivity contribution in [2.45, 2.75) is 6.92 Å². The summed E-state index contributed by atoms with van der Waals surface area (Å²) in [5, 5.41) is 5.11. The summed E-state index contributed by atoms with van der Waals surface area (Å²) in [5.74, 6) is 0.882. The van der Waals surface area contributed by atoms with E-state index in [-0.39, 0.29) is 18.5 Å². The van der Waals surface area contributed by atoms with Crippen LogP contribution in [-0.2, 0) is 4.79 Å². The third-order valence-corrected chi connectivity index (χ3v) is 4.85. The molecule has 2 heterocycles. The van der Waals surface area contributed by atoms with Crippen molar-refractivity contribution in [1.82, 2.24) is 9.88 Å². The van der Waals surface area contributed by atoms with Crippen LogP contribution in [0.15, 0.2) is 23.6 Å². The van der Waals surface area contributed by atoms with Crippen LogP contribution in [0.1, 0.15) is 5.69 Å². The average molecular weight is 376 g/mol. The zero-order valence-corrected chi connectivity index (χ0v) is 15.6. The molecule has 1 aliphatic heterocycles. The summed E-state index contributed by atoms with van der Waals surface area (Å²) in [4.78, 5) is 32.1. The van der Waals surface area contributed by atoms with Crippen molar-refractivity contribution in [3.63, 3.8) is 0 Å². The number of anilines is 2. The van der Waals surface area contributed by atoms with Gasteiger partial charge in [-0.25, -0.2) is 9.78 Å². The summed E-state index contributed by atoms with van der Waals surface area (Å²) in [6.45, 7) is 2.81. The predicted molar refractivity (Wildman–Crippen MR) is 99.3 cm³/mol. The van der Waals surface area contributed by atoms with Gasteiger partial charge >= 0.3 is 6.03 Å². The number of amides is 3. The number of carbonyl (C=O) groups excluding carboxylic acids is 2. The Hall–Kier alpha value is -2.81. The second-order valence-electron chi connectivity index (χ2n) is 5.74. The van der Waals surface area contributed by atoms with Gasteiger partial charge in [0.1, 0.15) is 6.54 Å². The molecule has 0 atom stereocenters. The van der Waals surface area contributed by atoms with E-state index in [9.17, 15) is 9.59 Å². The molecule has 0 saturated carbocycles. The minimum Gasteiger partial charge on any atom is -0.493 e. The van der Waals surface area contributed by atoms with Gasteiger partial charge in [-0.3, -0.25) is 9.69 Å². The second kappa shape index (κ2) is 7.61. The van der Waals surface area contributed by atoms with Crippen molar-refractivity contribution in [1.29, 1.82) is 0 Å². The Morgan fingerprint density at radius 2 is 2.04 bits per heavy atom. The Kier molecular flexibility index (Phi) is 5.27. The number of ether oxygens (including phenoxy) is 2. The van der Waals surface area contributed by atoms with E-state index in [4.69, 9.17) is 9.47 Å². The number of thiazole rings is 1. The number of aryl methyl sites for hydroxylation is 1. The van der Waals surface area contributed by atoms with E-state index in [1.807, 2.05) is 12.3 Å². The molecule has 1 aromatic carbocycles. The maximum atomic E-state index is 12.6. The van der Waals surface area contributed by atoms with E-state index in [0.29, 0.717) is 35.4 Å². The fraction of sp³-hybridized carbons (Fsp3) is 0.353. The maximum Gasteiger partial charge on any atom is 0.325 e. The highest BCUT2D eigenvalue weighted by Gasteiger charge is 2.31. The van der Waals surface area contributed by atoms with Crippen molar-refractivity contribution >= 4 is 34.1 Å². The van der Waals surface area contributed by atoms with Gasteiger partial charge in [0, 0.05) is 30.2 Å².